The van der Waals surface area contributed by atoms with Crippen LogP contribution in [0.25, 0.3) is 0 Å². The van der Waals surface area contributed by atoms with Crippen molar-refractivity contribution >= 4 is 14.0 Å². The lowest BCUT2D eigenvalue weighted by molar-refractivity contribution is 0.168. The van der Waals surface area contributed by atoms with E-state index in [9.17, 15) is 4.39 Å². The number of oxime groups is 1. The smallest absolute Gasteiger partial charge is 0.250 e. The molecule has 1 unspecified atom stereocenters. The maximum absolute atomic E-state index is 14.9. The lowest BCUT2D eigenvalue weighted by Gasteiger charge is -2.36. The highest BCUT2D eigenvalue weighted by atomic mass is 28.4. The molecule has 1 atom stereocenters. The monoisotopic (exact) mass is 390 g/mol. The number of halogens is 1. The molecule has 0 saturated heterocycles. The van der Waals surface area contributed by atoms with Crippen molar-refractivity contribution in [1.82, 2.24) is 14.8 Å². The Bertz CT molecular complexity index is 768. The normalized spacial score (nSPS) is 13.9. The van der Waals surface area contributed by atoms with Gasteiger partial charge in [-0.15, -0.1) is 0 Å². The first kappa shape index (κ1) is 20.8. The van der Waals surface area contributed by atoms with E-state index in [4.69, 9.17) is 9.26 Å². The third-order valence-corrected chi connectivity index (χ3v) is 8.94. The summed E-state index contributed by atoms with van der Waals surface area (Å²) in [5, 5.41) is 7.86. The van der Waals surface area contributed by atoms with Crippen molar-refractivity contribution in [3.63, 3.8) is 0 Å². The van der Waals surface area contributed by atoms with E-state index in [-0.39, 0.29) is 17.4 Å². The molecule has 2 aromatic rings. The maximum atomic E-state index is 14.9. The summed E-state index contributed by atoms with van der Waals surface area (Å²) in [6, 6.07) is 7.18. The van der Waals surface area contributed by atoms with Gasteiger partial charge in [0, 0.05) is 5.56 Å². The van der Waals surface area contributed by atoms with Crippen molar-refractivity contribution in [3.8, 4) is 5.75 Å². The first-order chi connectivity index (χ1) is 12.7. The summed E-state index contributed by atoms with van der Waals surface area (Å²) in [5.74, 6) is 0.757. The molecule has 0 aliphatic carbocycles. The predicted octanol–water partition coefficient (Wildman–Crippen LogP) is 4.74. The van der Waals surface area contributed by atoms with E-state index >= 15 is 0 Å². The zero-order valence-electron chi connectivity index (χ0n) is 16.5. The van der Waals surface area contributed by atoms with Crippen LogP contribution in [0.5, 0.6) is 5.75 Å². The first-order valence-corrected chi connectivity index (χ1v) is 11.6. The Morgan fingerprint density at radius 3 is 2.52 bits per heavy atom. The molecule has 0 saturated carbocycles. The molecule has 1 aromatic carbocycles. The minimum atomic E-state index is -1.94. The lowest BCUT2D eigenvalue weighted by Crippen LogP contribution is -2.43. The summed E-state index contributed by atoms with van der Waals surface area (Å²) < 4.78 is 22.2. The van der Waals surface area contributed by atoms with Crippen molar-refractivity contribution in [1.29, 1.82) is 0 Å². The molecule has 0 bridgehead atoms. The highest BCUT2D eigenvalue weighted by Gasteiger charge is 2.39. The van der Waals surface area contributed by atoms with Gasteiger partial charge >= 0.3 is 0 Å². The third kappa shape index (κ3) is 5.26. The van der Waals surface area contributed by atoms with Crippen LogP contribution in [0.2, 0.25) is 18.1 Å². The molecule has 1 heterocycles. The van der Waals surface area contributed by atoms with Crippen LogP contribution in [-0.2, 0) is 4.84 Å². The second-order valence-electron chi connectivity index (χ2n) is 7.66. The Balaban J connectivity index is 2.26. The Labute approximate surface area is 160 Å². The van der Waals surface area contributed by atoms with Gasteiger partial charge < -0.3 is 9.26 Å². The zero-order valence-corrected chi connectivity index (χ0v) is 17.5. The van der Waals surface area contributed by atoms with E-state index in [1.807, 2.05) is 12.1 Å². The average Bonchev–Trinajstić information content (AvgIpc) is 3.12. The molecule has 0 radical (unpaired) electrons. The highest BCUT2D eigenvalue weighted by molar-refractivity contribution is 6.74. The van der Waals surface area contributed by atoms with Gasteiger partial charge in [0.25, 0.3) is 0 Å². The van der Waals surface area contributed by atoms with Gasteiger partial charge in [-0.3, -0.25) is 0 Å². The summed E-state index contributed by atoms with van der Waals surface area (Å²) in [5.41, 5.74) is 0.672. The van der Waals surface area contributed by atoms with Crippen molar-refractivity contribution in [2.75, 3.05) is 6.61 Å². The van der Waals surface area contributed by atoms with Gasteiger partial charge in [-0.1, -0.05) is 38.6 Å². The number of hydrogen-bond donors (Lipinski definition) is 0. The molecule has 6 nitrogen and oxygen atoms in total. The Kier molecular flexibility index (Phi) is 6.53. The number of nitrogens with zero attached hydrogens (tertiary/aromatic N) is 4. The van der Waals surface area contributed by atoms with Gasteiger partial charge in [-0.25, -0.2) is 14.1 Å². The van der Waals surface area contributed by atoms with Crippen molar-refractivity contribution in [3.05, 3.63) is 55.1 Å². The highest BCUT2D eigenvalue weighted by Crippen LogP contribution is 2.37. The summed E-state index contributed by atoms with van der Waals surface area (Å²) >= 11 is 0. The van der Waals surface area contributed by atoms with E-state index in [0.717, 1.165) is 10.4 Å². The minimum absolute atomic E-state index is 0.0912. The molecule has 0 aliphatic rings. The van der Waals surface area contributed by atoms with Crippen LogP contribution in [0.3, 0.4) is 0 Å². The largest absolute Gasteiger partial charge is 0.544 e. The molecule has 0 amide bonds. The molecule has 0 N–H and O–H groups in total. The summed E-state index contributed by atoms with van der Waals surface area (Å²) in [4.78, 5) is 8.90. The molecule has 8 heteroatoms. The molecule has 27 heavy (non-hydrogen) atoms. The quantitative estimate of drug-likeness (QED) is 0.215. The standard InChI is InChI=1S/C19H27FN4O2Si/c1-7-12-25-23-17(18(20)24-14-21-13-22-24)15-8-10-16(11-9-15)26-27(5,6)19(2,3)4/h7-11,13-14,18H,1,12H2,2-6H3. The molecule has 146 valence electrons. The van der Waals surface area contributed by atoms with Crippen molar-refractivity contribution < 1.29 is 13.7 Å². The first-order valence-electron chi connectivity index (χ1n) is 8.74. The maximum Gasteiger partial charge on any atom is 0.250 e. The van der Waals surface area contributed by atoms with Crippen LogP contribution >= 0.6 is 0 Å². The minimum Gasteiger partial charge on any atom is -0.544 e. The van der Waals surface area contributed by atoms with E-state index in [2.05, 4.69) is 55.7 Å². The van der Waals surface area contributed by atoms with E-state index in [1.165, 1.54) is 12.7 Å². The Morgan fingerprint density at radius 1 is 1.33 bits per heavy atom. The molecule has 1 aromatic heterocycles. The van der Waals surface area contributed by atoms with Crippen LogP contribution in [0.15, 0.2) is 54.7 Å². The van der Waals surface area contributed by atoms with E-state index < -0.39 is 14.6 Å². The number of hydrogen-bond acceptors (Lipinski definition) is 5. The fourth-order valence-corrected chi connectivity index (χ4v) is 3.03. The molecular weight excluding hydrogens is 363 g/mol. The van der Waals surface area contributed by atoms with Crippen LogP contribution in [0.1, 0.15) is 32.6 Å². The van der Waals surface area contributed by atoms with E-state index in [1.54, 1.807) is 18.2 Å². The molecule has 2 rings (SSSR count). The van der Waals surface area contributed by atoms with Crippen LogP contribution in [-0.4, -0.2) is 35.4 Å². The predicted molar refractivity (Wildman–Crippen MR) is 107 cm³/mol. The van der Waals surface area contributed by atoms with Crippen molar-refractivity contribution in [2.24, 2.45) is 5.16 Å². The molecule has 0 spiro atoms. The topological polar surface area (TPSA) is 61.5 Å². The number of alkyl halides is 1. The van der Waals surface area contributed by atoms with Crippen molar-refractivity contribution in [2.45, 2.75) is 45.2 Å². The third-order valence-electron chi connectivity index (χ3n) is 4.58. The fourth-order valence-electron chi connectivity index (χ4n) is 1.99. The van der Waals surface area contributed by atoms with E-state index in [0.29, 0.717) is 5.56 Å². The lowest BCUT2D eigenvalue weighted by atomic mass is 10.1. The van der Waals surface area contributed by atoms with Gasteiger partial charge in [-0.05, 0) is 42.4 Å². The molecular formula is C19H27FN4O2Si. The van der Waals surface area contributed by atoms with Gasteiger partial charge in [0.05, 0.1) is 0 Å². The summed E-state index contributed by atoms with van der Waals surface area (Å²) in [6.45, 7) is 14.6. The zero-order chi connectivity index (χ0) is 20.1. The Morgan fingerprint density at radius 2 is 2.00 bits per heavy atom. The molecule has 0 fully saturated rings. The number of benzene rings is 1. The molecule has 0 aliphatic heterocycles. The van der Waals surface area contributed by atoms with Gasteiger partial charge in [0.2, 0.25) is 14.6 Å². The second kappa shape index (κ2) is 8.47. The van der Waals surface area contributed by atoms with Gasteiger partial charge in [0.15, 0.2) is 0 Å². The van der Waals surface area contributed by atoms with Crippen LogP contribution < -0.4 is 4.43 Å². The number of aromatic nitrogens is 3. The van der Waals surface area contributed by atoms with Crippen LogP contribution in [0, 0.1) is 0 Å². The average molecular weight is 391 g/mol. The summed E-state index contributed by atoms with van der Waals surface area (Å²) in [6.07, 6.45) is 2.48. The SMILES string of the molecule is C=CCON=C(c1ccc(O[Si](C)(C)C(C)(C)C)cc1)C(F)n1cncn1. The number of rotatable bonds is 8. The van der Waals surface area contributed by atoms with Gasteiger partial charge in [0.1, 0.15) is 30.7 Å². The second-order valence-corrected chi connectivity index (χ2v) is 12.4. The van der Waals surface area contributed by atoms with Crippen LogP contribution in [0.4, 0.5) is 4.39 Å². The van der Waals surface area contributed by atoms with Gasteiger partial charge in [-0.2, -0.15) is 5.10 Å². The Hall–Kier alpha value is -2.48. The fraction of sp³-hybridized carbons (Fsp3) is 0.421. The summed E-state index contributed by atoms with van der Waals surface area (Å²) in [7, 11) is -1.94.